The second-order valence-corrected chi connectivity index (χ2v) is 6.94. The third-order valence-corrected chi connectivity index (χ3v) is 4.87. The molecule has 6 heteroatoms. The maximum atomic E-state index is 13.0. The van der Waals surface area contributed by atoms with E-state index in [9.17, 15) is 9.59 Å². The maximum Gasteiger partial charge on any atom is 0.408 e. The van der Waals surface area contributed by atoms with Crippen molar-refractivity contribution in [3.05, 3.63) is 83.9 Å². The van der Waals surface area contributed by atoms with Crippen LogP contribution in [0.4, 0.5) is 4.79 Å². The first-order valence-corrected chi connectivity index (χ1v) is 9.38. The Morgan fingerprint density at radius 1 is 1.04 bits per heavy atom. The molecule has 0 saturated carbocycles. The van der Waals surface area contributed by atoms with Crippen molar-refractivity contribution < 1.29 is 19.2 Å². The zero-order chi connectivity index (χ0) is 19.3. The highest BCUT2D eigenvalue weighted by Crippen LogP contribution is 2.29. The summed E-state index contributed by atoms with van der Waals surface area (Å²) >= 11 is 0. The summed E-state index contributed by atoms with van der Waals surface area (Å²) in [6.45, 7) is 0.145. The Labute approximate surface area is 163 Å². The van der Waals surface area contributed by atoms with Gasteiger partial charge in [0.1, 0.15) is 18.8 Å². The lowest BCUT2D eigenvalue weighted by atomic mass is 10.0. The van der Waals surface area contributed by atoms with Crippen LogP contribution in [-0.2, 0) is 27.4 Å². The van der Waals surface area contributed by atoms with Gasteiger partial charge in [-0.1, -0.05) is 72.8 Å². The van der Waals surface area contributed by atoms with Gasteiger partial charge in [-0.25, -0.2) is 9.86 Å². The molecule has 2 aromatic rings. The molecule has 28 heavy (non-hydrogen) atoms. The molecule has 0 unspecified atom stereocenters. The average molecular weight is 378 g/mol. The van der Waals surface area contributed by atoms with Crippen LogP contribution in [0.15, 0.2) is 72.8 Å². The smallest absolute Gasteiger partial charge is 0.408 e. The van der Waals surface area contributed by atoms with E-state index in [1.807, 2.05) is 72.8 Å². The van der Waals surface area contributed by atoms with Gasteiger partial charge in [0.15, 0.2) is 0 Å². The minimum atomic E-state index is -0.765. The summed E-state index contributed by atoms with van der Waals surface area (Å²) in [6.07, 6.45) is 4.37. The van der Waals surface area contributed by atoms with Crippen LogP contribution in [0, 0.1) is 0 Å². The fraction of sp³-hybridized carbons (Fsp3) is 0.273. The van der Waals surface area contributed by atoms with Crippen molar-refractivity contribution in [3.8, 4) is 0 Å². The lowest BCUT2D eigenvalue weighted by molar-refractivity contribution is -0.185. The summed E-state index contributed by atoms with van der Waals surface area (Å²) in [7, 11) is 0. The van der Waals surface area contributed by atoms with Crippen molar-refractivity contribution in [2.45, 2.75) is 37.6 Å². The second kappa shape index (κ2) is 8.27. The molecule has 2 bridgehead atoms. The third kappa shape index (κ3) is 4.23. The van der Waals surface area contributed by atoms with E-state index in [0.717, 1.165) is 17.5 Å². The molecule has 4 rings (SSSR count). The number of nitrogens with one attached hydrogen (secondary N) is 1. The quantitative estimate of drug-likeness (QED) is 0.785. The third-order valence-electron chi connectivity index (χ3n) is 4.87. The summed E-state index contributed by atoms with van der Waals surface area (Å²) in [5.74, 6) is -0.266. The largest absolute Gasteiger partial charge is 0.445 e. The number of ether oxygens (including phenoxy) is 1. The van der Waals surface area contributed by atoms with Gasteiger partial charge in [-0.15, -0.1) is 0 Å². The predicted octanol–water partition coefficient (Wildman–Crippen LogP) is 3.00. The predicted molar refractivity (Wildman–Crippen MR) is 103 cm³/mol. The van der Waals surface area contributed by atoms with E-state index in [1.54, 1.807) is 0 Å². The number of rotatable bonds is 6. The van der Waals surface area contributed by atoms with Crippen molar-refractivity contribution in [2.75, 3.05) is 0 Å². The first kappa shape index (κ1) is 18.3. The zero-order valence-corrected chi connectivity index (χ0v) is 15.4. The summed E-state index contributed by atoms with van der Waals surface area (Å²) in [5, 5.41) is 4.10. The molecule has 1 aliphatic carbocycles. The van der Waals surface area contributed by atoms with Crippen molar-refractivity contribution in [1.82, 2.24) is 10.4 Å². The van der Waals surface area contributed by atoms with Gasteiger partial charge in [-0.3, -0.25) is 9.63 Å². The van der Waals surface area contributed by atoms with Crippen molar-refractivity contribution in [1.29, 1.82) is 0 Å². The molecule has 1 aliphatic heterocycles. The fourth-order valence-corrected chi connectivity index (χ4v) is 3.45. The van der Waals surface area contributed by atoms with Crippen LogP contribution < -0.4 is 5.32 Å². The lowest BCUT2D eigenvalue weighted by Gasteiger charge is -2.27. The minimum absolute atomic E-state index is 0.0589. The molecule has 144 valence electrons. The lowest BCUT2D eigenvalue weighted by Crippen LogP contribution is -2.51. The van der Waals surface area contributed by atoms with E-state index in [4.69, 9.17) is 9.57 Å². The number of hydrogen-bond acceptors (Lipinski definition) is 4. The summed E-state index contributed by atoms with van der Waals surface area (Å²) in [6, 6.07) is 18.1. The first-order valence-electron chi connectivity index (χ1n) is 9.38. The molecule has 6 nitrogen and oxygen atoms in total. The summed E-state index contributed by atoms with van der Waals surface area (Å²) < 4.78 is 5.30. The average Bonchev–Trinajstić information content (AvgIpc) is 3.36. The van der Waals surface area contributed by atoms with Gasteiger partial charge in [0.25, 0.3) is 5.91 Å². The Hall–Kier alpha value is -3.12. The molecule has 3 atom stereocenters. The molecule has 1 heterocycles. The molecule has 1 fully saturated rings. The number of carbonyl (C=O) groups is 2. The molecule has 1 saturated heterocycles. The van der Waals surface area contributed by atoms with Crippen LogP contribution in [0.2, 0.25) is 0 Å². The van der Waals surface area contributed by atoms with Crippen molar-refractivity contribution in [3.63, 3.8) is 0 Å². The Kier molecular flexibility index (Phi) is 5.39. The number of benzene rings is 2. The summed E-state index contributed by atoms with van der Waals surface area (Å²) in [5.41, 5.74) is 1.83. The molecule has 1 N–H and O–H groups in total. The maximum absolute atomic E-state index is 13.0. The van der Waals surface area contributed by atoms with Crippen LogP contribution in [-0.4, -0.2) is 35.3 Å². The summed E-state index contributed by atoms with van der Waals surface area (Å²) in [4.78, 5) is 31.0. The van der Waals surface area contributed by atoms with Crippen LogP contribution in [0.25, 0.3) is 0 Å². The van der Waals surface area contributed by atoms with E-state index in [1.165, 1.54) is 5.06 Å². The van der Waals surface area contributed by atoms with Crippen LogP contribution >= 0.6 is 0 Å². The van der Waals surface area contributed by atoms with E-state index in [0.29, 0.717) is 6.42 Å². The highest BCUT2D eigenvalue weighted by molar-refractivity contribution is 5.86. The molecular formula is C22H22N2O4. The number of amides is 2. The topological polar surface area (TPSA) is 67.9 Å². The van der Waals surface area contributed by atoms with Gasteiger partial charge >= 0.3 is 6.09 Å². The zero-order valence-electron chi connectivity index (χ0n) is 15.4. The highest BCUT2D eigenvalue weighted by Gasteiger charge is 2.41. The van der Waals surface area contributed by atoms with Gasteiger partial charge < -0.3 is 10.1 Å². The molecule has 0 radical (unpaired) electrons. The van der Waals surface area contributed by atoms with Gasteiger partial charge in [0.2, 0.25) is 0 Å². The highest BCUT2D eigenvalue weighted by atomic mass is 16.7. The molecular weight excluding hydrogens is 356 g/mol. The Morgan fingerprint density at radius 2 is 1.71 bits per heavy atom. The number of nitrogens with zero attached hydrogens (tertiary/aromatic N) is 1. The van der Waals surface area contributed by atoms with Crippen LogP contribution in [0.3, 0.4) is 0 Å². The Bertz CT molecular complexity index is 853. The van der Waals surface area contributed by atoms with Crippen molar-refractivity contribution in [2.24, 2.45) is 0 Å². The molecule has 0 aromatic heterocycles. The second-order valence-electron chi connectivity index (χ2n) is 6.94. The van der Waals surface area contributed by atoms with Crippen LogP contribution in [0.5, 0.6) is 0 Å². The van der Waals surface area contributed by atoms with Crippen molar-refractivity contribution >= 4 is 12.0 Å². The van der Waals surface area contributed by atoms with Gasteiger partial charge in [-0.2, -0.15) is 0 Å². The van der Waals surface area contributed by atoms with E-state index < -0.39 is 12.1 Å². The molecule has 2 amide bonds. The van der Waals surface area contributed by atoms with E-state index >= 15 is 0 Å². The number of carbonyl (C=O) groups excluding carboxylic acids is 2. The monoisotopic (exact) mass is 378 g/mol. The number of hydroxylamine groups is 2. The van der Waals surface area contributed by atoms with Crippen LogP contribution in [0.1, 0.15) is 17.5 Å². The number of fused-ring (bicyclic) bond motifs is 2. The number of alkyl carbamates (subject to hydrolysis) is 1. The van der Waals surface area contributed by atoms with Gasteiger partial charge in [0.05, 0.1) is 6.04 Å². The Balaban J connectivity index is 1.42. The molecule has 0 spiro atoms. The normalized spacial score (nSPS) is 20.8. The molecule has 2 aliphatic rings. The minimum Gasteiger partial charge on any atom is -0.445 e. The fourth-order valence-electron chi connectivity index (χ4n) is 3.45. The first-order chi connectivity index (χ1) is 13.7. The van der Waals surface area contributed by atoms with Gasteiger partial charge in [0, 0.05) is 12.8 Å². The van der Waals surface area contributed by atoms with Gasteiger partial charge in [-0.05, 0) is 11.1 Å². The van der Waals surface area contributed by atoms with E-state index in [-0.39, 0.29) is 24.7 Å². The SMILES string of the molecule is O=C(N[C@@H](Cc1ccccc1)C(=O)N1O[C@@H]2C=C[C@H]1C2)OCc1ccccc1. The standard InChI is InChI=1S/C22H22N2O4/c25-21(24-18-11-12-19(14-18)28-24)20(13-16-7-3-1-4-8-16)23-22(26)27-15-17-9-5-2-6-10-17/h1-12,18-20H,13-15H2,(H,23,26)/t18-,19+,20-/m0/s1. The van der Waals surface area contributed by atoms with E-state index in [2.05, 4.69) is 5.32 Å². The number of hydrogen-bond donors (Lipinski definition) is 1. The molecule has 2 aromatic carbocycles. The Morgan fingerprint density at radius 3 is 2.32 bits per heavy atom.